The van der Waals surface area contributed by atoms with Gasteiger partial charge in [0.05, 0.1) is 18.3 Å². The number of hydrogen-bond donors (Lipinski definition) is 2. The number of carbonyl (C=O) groups is 1. The Morgan fingerprint density at radius 1 is 1.13 bits per heavy atom. The fraction of sp³-hybridized carbons (Fsp3) is 0.333. The normalized spacial score (nSPS) is 14.4. The van der Waals surface area contributed by atoms with Crippen molar-refractivity contribution in [2.24, 2.45) is 0 Å². The van der Waals surface area contributed by atoms with Gasteiger partial charge in [-0.1, -0.05) is 0 Å². The average Bonchev–Trinajstić information content (AvgIpc) is 3.34. The first-order chi connectivity index (χ1) is 15.2. The van der Waals surface area contributed by atoms with Crippen molar-refractivity contribution in [1.82, 2.24) is 10.3 Å². The van der Waals surface area contributed by atoms with Gasteiger partial charge < -0.3 is 20.3 Å². The van der Waals surface area contributed by atoms with E-state index in [0.717, 1.165) is 50.3 Å². The highest BCUT2D eigenvalue weighted by Crippen LogP contribution is 2.23. The van der Waals surface area contributed by atoms with Crippen LogP contribution in [0.4, 0.5) is 11.4 Å². The third kappa shape index (κ3) is 5.83. The molecule has 0 saturated carbocycles. The van der Waals surface area contributed by atoms with Gasteiger partial charge in [-0.2, -0.15) is 0 Å². The van der Waals surface area contributed by atoms with Gasteiger partial charge in [-0.25, -0.2) is 4.98 Å². The van der Waals surface area contributed by atoms with Crippen LogP contribution in [0.3, 0.4) is 0 Å². The maximum atomic E-state index is 12.4. The standard InChI is InChI=1S/C24H28N4O2S/c1-30-23-8-2-18(3-9-23)24(29)27-20-4-6-22(7-5-20)28-14-11-19(12-15-28)25-13-10-21-16-31-17-26-21/h2-9,16-17,19,25H,10-15H2,1H3,(H,27,29). The lowest BCUT2D eigenvalue weighted by Gasteiger charge is -2.34. The van der Waals surface area contributed by atoms with Crippen molar-refractivity contribution < 1.29 is 9.53 Å². The Bertz CT molecular complexity index is 950. The largest absolute Gasteiger partial charge is 0.497 e. The second-order valence-corrected chi connectivity index (χ2v) is 8.39. The number of benzene rings is 2. The number of ether oxygens (including phenoxy) is 1. The minimum atomic E-state index is -0.125. The molecule has 1 aliphatic heterocycles. The number of methoxy groups -OCH3 is 1. The number of rotatable bonds is 8. The zero-order valence-electron chi connectivity index (χ0n) is 17.7. The second kappa shape index (κ2) is 10.4. The fourth-order valence-corrected chi connectivity index (χ4v) is 4.40. The predicted molar refractivity (Wildman–Crippen MR) is 126 cm³/mol. The Labute approximate surface area is 187 Å². The Kier molecular flexibility index (Phi) is 7.17. The third-order valence-electron chi connectivity index (χ3n) is 5.64. The average molecular weight is 437 g/mol. The van der Waals surface area contributed by atoms with E-state index in [2.05, 4.69) is 38.0 Å². The maximum Gasteiger partial charge on any atom is 0.255 e. The highest BCUT2D eigenvalue weighted by atomic mass is 32.1. The van der Waals surface area contributed by atoms with Crippen molar-refractivity contribution in [3.63, 3.8) is 0 Å². The van der Waals surface area contributed by atoms with E-state index in [1.165, 1.54) is 11.4 Å². The van der Waals surface area contributed by atoms with Crippen LogP contribution in [0.2, 0.25) is 0 Å². The summed E-state index contributed by atoms with van der Waals surface area (Å²) in [4.78, 5) is 19.2. The summed E-state index contributed by atoms with van der Waals surface area (Å²) in [6.45, 7) is 3.05. The molecule has 1 aliphatic rings. The number of anilines is 2. The van der Waals surface area contributed by atoms with Gasteiger partial charge in [-0.15, -0.1) is 11.3 Å². The molecule has 3 aromatic rings. The predicted octanol–water partition coefficient (Wildman–Crippen LogP) is 4.21. The monoisotopic (exact) mass is 436 g/mol. The van der Waals surface area contributed by atoms with Gasteiger partial charge >= 0.3 is 0 Å². The molecule has 0 aliphatic carbocycles. The molecule has 7 heteroatoms. The summed E-state index contributed by atoms with van der Waals surface area (Å²) in [7, 11) is 1.61. The van der Waals surface area contributed by atoms with E-state index in [-0.39, 0.29) is 5.91 Å². The van der Waals surface area contributed by atoms with E-state index < -0.39 is 0 Å². The summed E-state index contributed by atoms with van der Waals surface area (Å²) in [5.41, 5.74) is 5.67. The molecule has 6 nitrogen and oxygen atoms in total. The molecule has 31 heavy (non-hydrogen) atoms. The van der Waals surface area contributed by atoms with Gasteiger partial charge in [0.25, 0.3) is 5.91 Å². The van der Waals surface area contributed by atoms with Crippen LogP contribution in [0.15, 0.2) is 59.4 Å². The molecule has 2 N–H and O–H groups in total. The molecule has 4 rings (SSSR count). The summed E-state index contributed by atoms with van der Waals surface area (Å²) in [5.74, 6) is 0.610. The van der Waals surface area contributed by atoms with Crippen molar-refractivity contribution in [3.05, 3.63) is 70.7 Å². The summed E-state index contributed by atoms with van der Waals surface area (Å²) in [6.07, 6.45) is 3.26. The summed E-state index contributed by atoms with van der Waals surface area (Å²) >= 11 is 1.65. The van der Waals surface area contributed by atoms with Crippen LogP contribution in [0.1, 0.15) is 28.9 Å². The fourth-order valence-electron chi connectivity index (χ4n) is 3.81. The van der Waals surface area contributed by atoms with E-state index >= 15 is 0 Å². The molecule has 1 fully saturated rings. The van der Waals surface area contributed by atoms with Crippen LogP contribution >= 0.6 is 11.3 Å². The molecule has 1 amide bonds. The summed E-state index contributed by atoms with van der Waals surface area (Å²) < 4.78 is 5.14. The smallest absolute Gasteiger partial charge is 0.255 e. The zero-order valence-corrected chi connectivity index (χ0v) is 18.5. The molecule has 162 valence electrons. The Morgan fingerprint density at radius 2 is 1.87 bits per heavy atom. The Balaban J connectivity index is 1.23. The number of nitrogens with zero attached hydrogens (tertiary/aromatic N) is 2. The Hall–Kier alpha value is -2.90. The van der Waals surface area contributed by atoms with Gasteiger partial charge in [0.1, 0.15) is 5.75 Å². The zero-order chi connectivity index (χ0) is 21.5. The highest BCUT2D eigenvalue weighted by Gasteiger charge is 2.19. The first-order valence-electron chi connectivity index (χ1n) is 10.6. The quantitative estimate of drug-likeness (QED) is 0.554. The van der Waals surface area contributed by atoms with Crippen molar-refractivity contribution >= 4 is 28.6 Å². The van der Waals surface area contributed by atoms with Crippen molar-refractivity contribution in [1.29, 1.82) is 0 Å². The molecular weight excluding hydrogens is 408 g/mol. The molecular formula is C24H28N4O2S. The van der Waals surface area contributed by atoms with Crippen molar-refractivity contribution in [2.75, 3.05) is 37.0 Å². The minimum Gasteiger partial charge on any atom is -0.497 e. The Morgan fingerprint density at radius 3 is 2.52 bits per heavy atom. The molecule has 2 aromatic carbocycles. The summed E-state index contributed by atoms with van der Waals surface area (Å²) in [5, 5.41) is 8.74. The lowest BCUT2D eigenvalue weighted by Crippen LogP contribution is -2.43. The third-order valence-corrected chi connectivity index (χ3v) is 6.27. The van der Waals surface area contributed by atoms with Crippen LogP contribution in [0, 0.1) is 0 Å². The van der Waals surface area contributed by atoms with E-state index in [4.69, 9.17) is 4.74 Å². The summed E-state index contributed by atoms with van der Waals surface area (Å²) in [6, 6.07) is 15.8. The number of piperidine rings is 1. The first kappa shape index (κ1) is 21.3. The first-order valence-corrected chi connectivity index (χ1v) is 11.6. The van der Waals surface area contributed by atoms with Crippen LogP contribution in [0.25, 0.3) is 0 Å². The molecule has 0 unspecified atom stereocenters. The number of hydrogen-bond acceptors (Lipinski definition) is 6. The van der Waals surface area contributed by atoms with Crippen molar-refractivity contribution in [3.8, 4) is 5.75 Å². The van der Waals surface area contributed by atoms with Gasteiger partial charge in [0, 0.05) is 54.4 Å². The van der Waals surface area contributed by atoms with E-state index in [9.17, 15) is 4.79 Å². The minimum absolute atomic E-state index is 0.125. The molecule has 1 saturated heterocycles. The lowest BCUT2D eigenvalue weighted by molar-refractivity contribution is 0.102. The highest BCUT2D eigenvalue weighted by molar-refractivity contribution is 7.07. The van der Waals surface area contributed by atoms with Crippen LogP contribution in [-0.4, -0.2) is 43.7 Å². The molecule has 0 bridgehead atoms. The van der Waals surface area contributed by atoms with Gasteiger partial charge in [-0.05, 0) is 61.4 Å². The van der Waals surface area contributed by atoms with E-state index in [1.807, 2.05) is 17.6 Å². The molecule has 0 radical (unpaired) electrons. The molecule has 0 spiro atoms. The maximum absolute atomic E-state index is 12.4. The molecule has 0 atom stereocenters. The van der Waals surface area contributed by atoms with E-state index in [1.54, 1.807) is 42.7 Å². The van der Waals surface area contributed by atoms with Crippen LogP contribution in [0.5, 0.6) is 5.75 Å². The second-order valence-electron chi connectivity index (χ2n) is 7.67. The van der Waals surface area contributed by atoms with Gasteiger partial charge in [0.2, 0.25) is 0 Å². The number of thiazole rings is 1. The lowest BCUT2D eigenvalue weighted by atomic mass is 10.0. The van der Waals surface area contributed by atoms with Crippen LogP contribution < -0.4 is 20.3 Å². The van der Waals surface area contributed by atoms with Crippen LogP contribution in [-0.2, 0) is 6.42 Å². The number of nitrogens with one attached hydrogen (secondary N) is 2. The number of amides is 1. The topological polar surface area (TPSA) is 66.5 Å². The molecule has 2 heterocycles. The number of carbonyl (C=O) groups excluding carboxylic acids is 1. The van der Waals surface area contributed by atoms with Gasteiger partial charge in [-0.3, -0.25) is 4.79 Å². The SMILES string of the molecule is COc1ccc(C(=O)Nc2ccc(N3CCC(NCCc4cscn4)CC3)cc2)cc1. The van der Waals surface area contributed by atoms with E-state index in [0.29, 0.717) is 11.6 Å². The molecule has 1 aromatic heterocycles. The van der Waals surface area contributed by atoms with Crippen molar-refractivity contribution in [2.45, 2.75) is 25.3 Å². The van der Waals surface area contributed by atoms with Gasteiger partial charge in [0.15, 0.2) is 0 Å². The number of aromatic nitrogens is 1.